The first-order valence-electron chi connectivity index (χ1n) is 3.73. The summed E-state index contributed by atoms with van der Waals surface area (Å²) in [4.78, 5) is 24.9. The Morgan fingerprint density at radius 1 is 1.55 bits per heavy atom. The van der Waals surface area contributed by atoms with Crippen molar-refractivity contribution in [3.8, 4) is 0 Å². The van der Waals surface area contributed by atoms with Gasteiger partial charge in [0.15, 0.2) is 0 Å². The third kappa shape index (κ3) is 1.34. The van der Waals surface area contributed by atoms with Crippen LogP contribution in [0.3, 0.4) is 0 Å². The van der Waals surface area contributed by atoms with E-state index in [0.29, 0.717) is 19.6 Å². The van der Waals surface area contributed by atoms with E-state index in [1.165, 1.54) is 11.8 Å². The van der Waals surface area contributed by atoms with E-state index in [0.717, 1.165) is 0 Å². The van der Waals surface area contributed by atoms with Gasteiger partial charge in [0.1, 0.15) is 0 Å². The zero-order valence-electron chi connectivity index (χ0n) is 6.83. The van der Waals surface area contributed by atoms with Crippen molar-refractivity contribution in [2.75, 3.05) is 19.6 Å². The quantitative estimate of drug-likeness (QED) is 0.547. The molecule has 0 aromatic heterocycles. The van der Waals surface area contributed by atoms with Gasteiger partial charge < -0.3 is 4.90 Å². The molecule has 3 amide bonds. The number of amides is 3. The van der Waals surface area contributed by atoms with Gasteiger partial charge >= 0.3 is 6.03 Å². The van der Waals surface area contributed by atoms with Crippen molar-refractivity contribution in [2.24, 2.45) is 0 Å². The minimum Gasteiger partial charge on any atom is -0.323 e. The summed E-state index contributed by atoms with van der Waals surface area (Å²) >= 11 is 0. The Labute approximate surface area is 65.8 Å². The Morgan fingerprint density at radius 2 is 2.18 bits per heavy atom. The molecule has 0 N–H and O–H groups in total. The molecule has 0 radical (unpaired) electrons. The zero-order chi connectivity index (χ0) is 8.43. The van der Waals surface area contributed by atoms with Crippen LogP contribution in [0.15, 0.2) is 0 Å². The molecule has 4 nitrogen and oxygen atoms in total. The van der Waals surface area contributed by atoms with Gasteiger partial charge in [0.2, 0.25) is 5.91 Å². The molecule has 1 aliphatic heterocycles. The second-order valence-electron chi connectivity index (χ2n) is 2.53. The first-order chi connectivity index (χ1) is 5.16. The van der Waals surface area contributed by atoms with E-state index in [1.54, 1.807) is 4.90 Å². The van der Waals surface area contributed by atoms with Crippen LogP contribution in [0.25, 0.3) is 0 Å². The van der Waals surface area contributed by atoms with Gasteiger partial charge in [-0.3, -0.25) is 9.69 Å². The third-order valence-corrected chi connectivity index (χ3v) is 1.86. The van der Waals surface area contributed by atoms with Crippen molar-refractivity contribution in [1.29, 1.82) is 0 Å². The van der Waals surface area contributed by atoms with Crippen LogP contribution in [0.5, 0.6) is 0 Å². The lowest BCUT2D eigenvalue weighted by molar-refractivity contribution is -0.125. The summed E-state index contributed by atoms with van der Waals surface area (Å²) in [6.45, 7) is 5.22. The van der Waals surface area contributed by atoms with Gasteiger partial charge in [-0.1, -0.05) is 0 Å². The highest BCUT2D eigenvalue weighted by atomic mass is 16.2. The van der Waals surface area contributed by atoms with Gasteiger partial charge in [-0.05, 0) is 6.92 Å². The van der Waals surface area contributed by atoms with Crippen LogP contribution in [-0.2, 0) is 4.79 Å². The van der Waals surface area contributed by atoms with Crippen molar-refractivity contribution in [1.82, 2.24) is 9.80 Å². The lowest BCUT2D eigenvalue weighted by Gasteiger charge is -2.13. The molecule has 0 unspecified atom stereocenters. The highest BCUT2D eigenvalue weighted by Gasteiger charge is 2.29. The SMILES string of the molecule is CCN1CCN(C(C)=O)C1=O. The Morgan fingerprint density at radius 3 is 2.45 bits per heavy atom. The number of imide groups is 1. The van der Waals surface area contributed by atoms with Crippen LogP contribution < -0.4 is 0 Å². The molecule has 0 atom stereocenters. The number of likely N-dealkylation sites (N-methyl/N-ethyl adjacent to an activating group) is 1. The average Bonchev–Trinajstić information content (AvgIpc) is 2.30. The van der Waals surface area contributed by atoms with E-state index in [4.69, 9.17) is 0 Å². The molecule has 1 saturated heterocycles. The highest BCUT2D eigenvalue weighted by molar-refractivity contribution is 5.94. The summed E-state index contributed by atoms with van der Waals surface area (Å²) in [5.74, 6) is -0.161. The standard InChI is InChI=1S/C7H12N2O2/c1-3-8-4-5-9(6(2)10)7(8)11/h3-5H2,1-2H3. The monoisotopic (exact) mass is 156 g/mol. The topological polar surface area (TPSA) is 40.6 Å². The number of hydrogen-bond acceptors (Lipinski definition) is 2. The van der Waals surface area contributed by atoms with Gasteiger partial charge in [0.05, 0.1) is 0 Å². The summed E-state index contributed by atoms with van der Waals surface area (Å²) in [7, 11) is 0. The van der Waals surface area contributed by atoms with Crippen molar-refractivity contribution in [3.05, 3.63) is 0 Å². The van der Waals surface area contributed by atoms with Crippen molar-refractivity contribution in [3.63, 3.8) is 0 Å². The molecule has 1 rings (SSSR count). The lowest BCUT2D eigenvalue weighted by atomic mass is 10.5. The van der Waals surface area contributed by atoms with Crippen LogP contribution in [-0.4, -0.2) is 41.4 Å². The van der Waals surface area contributed by atoms with Gasteiger partial charge in [-0.15, -0.1) is 0 Å². The van der Waals surface area contributed by atoms with E-state index < -0.39 is 0 Å². The molecule has 1 fully saturated rings. The molecule has 11 heavy (non-hydrogen) atoms. The smallest absolute Gasteiger partial charge is 0.323 e. The predicted molar refractivity (Wildman–Crippen MR) is 40.0 cm³/mol. The van der Waals surface area contributed by atoms with Gasteiger partial charge in [0.25, 0.3) is 0 Å². The van der Waals surface area contributed by atoms with E-state index in [9.17, 15) is 9.59 Å². The fourth-order valence-corrected chi connectivity index (χ4v) is 1.17. The average molecular weight is 156 g/mol. The van der Waals surface area contributed by atoms with Crippen LogP contribution >= 0.6 is 0 Å². The van der Waals surface area contributed by atoms with E-state index in [-0.39, 0.29) is 11.9 Å². The predicted octanol–water partition coefficient (Wildman–Crippen LogP) is 0.290. The third-order valence-electron chi connectivity index (χ3n) is 1.86. The summed E-state index contributed by atoms with van der Waals surface area (Å²) in [5, 5.41) is 0. The molecule has 0 spiro atoms. The van der Waals surface area contributed by atoms with Crippen LogP contribution in [0, 0.1) is 0 Å². The molecular weight excluding hydrogens is 144 g/mol. The van der Waals surface area contributed by atoms with E-state index in [1.807, 2.05) is 6.92 Å². The van der Waals surface area contributed by atoms with Gasteiger partial charge in [0, 0.05) is 26.6 Å². The number of rotatable bonds is 1. The first kappa shape index (κ1) is 8.04. The molecule has 0 saturated carbocycles. The minimum atomic E-state index is -0.161. The number of carbonyl (C=O) groups is 2. The molecule has 0 bridgehead atoms. The molecule has 0 aliphatic carbocycles. The van der Waals surface area contributed by atoms with Gasteiger partial charge in [-0.2, -0.15) is 0 Å². The summed E-state index contributed by atoms with van der Waals surface area (Å²) in [6, 6.07) is -0.153. The normalized spacial score (nSPS) is 17.8. The Bertz CT molecular complexity index is 191. The molecule has 0 aromatic rings. The van der Waals surface area contributed by atoms with Crippen LogP contribution in [0.4, 0.5) is 4.79 Å². The van der Waals surface area contributed by atoms with Crippen molar-refractivity contribution >= 4 is 11.9 Å². The van der Waals surface area contributed by atoms with E-state index in [2.05, 4.69) is 0 Å². The number of hydrogen-bond donors (Lipinski definition) is 0. The molecular formula is C7H12N2O2. The Balaban J connectivity index is 2.63. The molecule has 4 heteroatoms. The molecule has 1 aliphatic rings. The van der Waals surface area contributed by atoms with Crippen LogP contribution in [0.1, 0.15) is 13.8 Å². The van der Waals surface area contributed by atoms with Gasteiger partial charge in [-0.25, -0.2) is 4.79 Å². The zero-order valence-corrected chi connectivity index (χ0v) is 6.83. The maximum atomic E-state index is 11.2. The van der Waals surface area contributed by atoms with Crippen molar-refractivity contribution < 1.29 is 9.59 Å². The maximum absolute atomic E-state index is 11.2. The minimum absolute atomic E-state index is 0.153. The summed E-state index contributed by atoms with van der Waals surface area (Å²) in [5.41, 5.74) is 0. The van der Waals surface area contributed by atoms with Crippen LogP contribution in [0.2, 0.25) is 0 Å². The number of nitrogens with zero attached hydrogens (tertiary/aromatic N) is 2. The Hall–Kier alpha value is -1.06. The fraction of sp³-hybridized carbons (Fsp3) is 0.714. The first-order valence-corrected chi connectivity index (χ1v) is 3.73. The second kappa shape index (κ2) is 2.90. The number of carbonyl (C=O) groups excluding carboxylic acids is 2. The van der Waals surface area contributed by atoms with Crippen molar-refractivity contribution in [2.45, 2.75) is 13.8 Å². The second-order valence-corrected chi connectivity index (χ2v) is 2.53. The van der Waals surface area contributed by atoms with E-state index >= 15 is 0 Å². The molecule has 62 valence electrons. The largest absolute Gasteiger partial charge is 0.326 e. The Kier molecular flexibility index (Phi) is 2.12. The maximum Gasteiger partial charge on any atom is 0.326 e. The number of urea groups is 1. The molecule has 1 heterocycles. The highest BCUT2D eigenvalue weighted by Crippen LogP contribution is 2.07. The summed E-state index contributed by atoms with van der Waals surface area (Å²) in [6.07, 6.45) is 0. The summed E-state index contributed by atoms with van der Waals surface area (Å²) < 4.78 is 0. The lowest BCUT2D eigenvalue weighted by Crippen LogP contribution is -2.34. The fourth-order valence-electron chi connectivity index (χ4n) is 1.17. The molecule has 0 aromatic carbocycles.